The number of nitrogens with zero attached hydrogens (tertiary/aromatic N) is 3. The molecule has 4 rings (SSSR count). The molecule has 146 valence electrons. The van der Waals surface area contributed by atoms with Gasteiger partial charge in [0.15, 0.2) is 11.5 Å². The van der Waals surface area contributed by atoms with Gasteiger partial charge >= 0.3 is 0 Å². The lowest BCUT2D eigenvalue weighted by molar-refractivity contribution is -0.385. The summed E-state index contributed by atoms with van der Waals surface area (Å²) in [4.78, 5) is 29.8. The standard InChI is InChI=1S/C18H18N4O6/c23-18(13-9-15-16(28-8-7-27-15)10-14(13)22(24)25)20-17-2-1-12(11-19-17)21-3-5-26-6-4-21/h1-2,9-11H,3-8H2,(H,19,20,23). The summed E-state index contributed by atoms with van der Waals surface area (Å²) in [6.45, 7) is 3.48. The van der Waals surface area contributed by atoms with Crippen LogP contribution in [0.15, 0.2) is 30.5 Å². The van der Waals surface area contributed by atoms with E-state index < -0.39 is 10.8 Å². The second-order valence-electron chi connectivity index (χ2n) is 6.23. The molecule has 0 spiro atoms. The van der Waals surface area contributed by atoms with Crippen molar-refractivity contribution in [2.24, 2.45) is 0 Å². The van der Waals surface area contributed by atoms with E-state index in [0.29, 0.717) is 38.0 Å². The molecule has 0 atom stereocenters. The maximum absolute atomic E-state index is 12.6. The Bertz CT molecular complexity index is 896. The lowest BCUT2D eigenvalue weighted by Crippen LogP contribution is -2.36. The van der Waals surface area contributed by atoms with Crippen LogP contribution in [0, 0.1) is 10.1 Å². The Labute approximate surface area is 160 Å². The fraction of sp³-hybridized carbons (Fsp3) is 0.333. The molecule has 0 bridgehead atoms. The van der Waals surface area contributed by atoms with Crippen LogP contribution >= 0.6 is 0 Å². The minimum atomic E-state index is -0.643. The van der Waals surface area contributed by atoms with Gasteiger partial charge in [-0.2, -0.15) is 0 Å². The van der Waals surface area contributed by atoms with E-state index in [1.165, 1.54) is 12.1 Å². The van der Waals surface area contributed by atoms with Crippen LogP contribution in [0.5, 0.6) is 11.5 Å². The molecule has 0 saturated carbocycles. The molecule has 1 amide bonds. The normalized spacial score (nSPS) is 15.8. The first-order valence-electron chi connectivity index (χ1n) is 8.80. The number of nitrogens with one attached hydrogen (secondary N) is 1. The summed E-state index contributed by atoms with van der Waals surface area (Å²) < 4.78 is 16.1. The van der Waals surface area contributed by atoms with Gasteiger partial charge in [-0.15, -0.1) is 0 Å². The smallest absolute Gasteiger partial charge is 0.286 e. The Morgan fingerprint density at radius 3 is 2.46 bits per heavy atom. The monoisotopic (exact) mass is 386 g/mol. The van der Waals surface area contributed by atoms with Gasteiger partial charge in [0, 0.05) is 19.2 Å². The first kappa shape index (κ1) is 18.0. The third-order valence-electron chi connectivity index (χ3n) is 4.47. The first-order chi connectivity index (χ1) is 13.6. The molecule has 0 radical (unpaired) electrons. The van der Waals surface area contributed by atoms with Crippen molar-refractivity contribution in [3.8, 4) is 11.5 Å². The van der Waals surface area contributed by atoms with Crippen molar-refractivity contribution >= 4 is 23.1 Å². The SMILES string of the molecule is O=C(Nc1ccc(N2CCOCC2)cn1)c1cc2c(cc1[N+](=O)[O-])OCCO2. The molecule has 1 saturated heterocycles. The topological polar surface area (TPSA) is 116 Å². The van der Waals surface area contributed by atoms with Crippen molar-refractivity contribution in [1.82, 2.24) is 4.98 Å². The van der Waals surface area contributed by atoms with Gasteiger partial charge in [0.05, 0.1) is 36.1 Å². The summed E-state index contributed by atoms with van der Waals surface area (Å²) in [7, 11) is 0. The van der Waals surface area contributed by atoms with Gasteiger partial charge in [0.1, 0.15) is 24.6 Å². The summed E-state index contributed by atoms with van der Waals surface area (Å²) in [6, 6.07) is 6.03. The second kappa shape index (κ2) is 7.69. The molecular formula is C18H18N4O6. The van der Waals surface area contributed by atoms with Crippen molar-refractivity contribution in [3.05, 3.63) is 46.1 Å². The van der Waals surface area contributed by atoms with E-state index in [2.05, 4.69) is 15.2 Å². The van der Waals surface area contributed by atoms with E-state index in [9.17, 15) is 14.9 Å². The number of hydrogen-bond acceptors (Lipinski definition) is 8. The number of morpholine rings is 1. The molecule has 0 unspecified atom stereocenters. The molecule has 0 aliphatic carbocycles. The summed E-state index contributed by atoms with van der Waals surface area (Å²) >= 11 is 0. The summed E-state index contributed by atoms with van der Waals surface area (Å²) in [5, 5.41) is 14.0. The lowest BCUT2D eigenvalue weighted by Gasteiger charge is -2.28. The number of fused-ring (bicyclic) bond motifs is 1. The molecule has 2 aliphatic rings. The third-order valence-corrected chi connectivity index (χ3v) is 4.47. The number of rotatable bonds is 4. The van der Waals surface area contributed by atoms with Crippen LogP contribution in [0.3, 0.4) is 0 Å². The summed E-state index contributed by atoms with van der Waals surface area (Å²) in [5.74, 6) is 0.210. The highest BCUT2D eigenvalue weighted by molar-refractivity contribution is 6.07. The number of nitro groups is 1. The maximum atomic E-state index is 12.6. The van der Waals surface area contributed by atoms with Crippen LogP contribution in [-0.4, -0.2) is 55.3 Å². The van der Waals surface area contributed by atoms with Gasteiger partial charge in [0.2, 0.25) is 0 Å². The van der Waals surface area contributed by atoms with Crippen molar-refractivity contribution in [2.75, 3.05) is 49.7 Å². The van der Waals surface area contributed by atoms with Crippen LogP contribution in [0.25, 0.3) is 0 Å². The zero-order valence-electron chi connectivity index (χ0n) is 14.9. The molecule has 28 heavy (non-hydrogen) atoms. The Balaban J connectivity index is 1.54. The van der Waals surface area contributed by atoms with Crippen LogP contribution in [0.4, 0.5) is 17.2 Å². The number of carbonyl (C=O) groups is 1. The predicted octanol–water partition coefficient (Wildman–Crippen LogP) is 1.85. The number of pyridine rings is 1. The Morgan fingerprint density at radius 1 is 1.11 bits per heavy atom. The average molecular weight is 386 g/mol. The molecule has 10 heteroatoms. The number of nitro benzene ring substituents is 1. The average Bonchev–Trinajstić information content (AvgIpc) is 2.74. The third kappa shape index (κ3) is 3.67. The molecule has 2 aromatic rings. The fourth-order valence-electron chi connectivity index (χ4n) is 3.06. The maximum Gasteiger partial charge on any atom is 0.286 e. The molecule has 3 heterocycles. The fourth-order valence-corrected chi connectivity index (χ4v) is 3.06. The number of aromatic nitrogens is 1. The number of hydrogen-bond donors (Lipinski definition) is 1. The van der Waals surface area contributed by atoms with E-state index in [-0.39, 0.29) is 17.0 Å². The Kier molecular flexibility index (Phi) is 4.94. The molecule has 10 nitrogen and oxygen atoms in total. The lowest BCUT2D eigenvalue weighted by atomic mass is 10.1. The van der Waals surface area contributed by atoms with Gasteiger partial charge in [-0.05, 0) is 12.1 Å². The minimum Gasteiger partial charge on any atom is -0.486 e. The van der Waals surface area contributed by atoms with Crippen molar-refractivity contribution in [2.45, 2.75) is 0 Å². The van der Waals surface area contributed by atoms with Crippen molar-refractivity contribution in [1.29, 1.82) is 0 Å². The zero-order valence-corrected chi connectivity index (χ0v) is 14.9. The van der Waals surface area contributed by atoms with Gasteiger partial charge in [0.25, 0.3) is 11.6 Å². The Morgan fingerprint density at radius 2 is 1.82 bits per heavy atom. The van der Waals surface area contributed by atoms with Crippen molar-refractivity contribution in [3.63, 3.8) is 0 Å². The highest BCUT2D eigenvalue weighted by Gasteiger charge is 2.26. The number of amides is 1. The van der Waals surface area contributed by atoms with Gasteiger partial charge < -0.3 is 24.4 Å². The molecule has 1 aromatic carbocycles. The highest BCUT2D eigenvalue weighted by atomic mass is 16.6. The number of benzene rings is 1. The molecule has 2 aliphatic heterocycles. The van der Waals surface area contributed by atoms with Crippen LogP contribution < -0.4 is 19.7 Å². The molecule has 1 fully saturated rings. The van der Waals surface area contributed by atoms with Gasteiger partial charge in [-0.25, -0.2) is 4.98 Å². The number of ether oxygens (including phenoxy) is 3. The number of carbonyl (C=O) groups excluding carboxylic acids is 1. The van der Waals surface area contributed by atoms with E-state index >= 15 is 0 Å². The summed E-state index contributed by atoms with van der Waals surface area (Å²) in [5.41, 5.74) is 0.451. The van der Waals surface area contributed by atoms with Gasteiger partial charge in [-0.1, -0.05) is 0 Å². The second-order valence-corrected chi connectivity index (χ2v) is 6.23. The van der Waals surface area contributed by atoms with Crippen LogP contribution in [0.1, 0.15) is 10.4 Å². The summed E-state index contributed by atoms with van der Waals surface area (Å²) in [6.07, 6.45) is 1.65. The zero-order chi connectivity index (χ0) is 19.5. The quantitative estimate of drug-likeness (QED) is 0.625. The minimum absolute atomic E-state index is 0.117. The first-order valence-corrected chi connectivity index (χ1v) is 8.80. The molecule has 1 N–H and O–H groups in total. The number of anilines is 2. The van der Waals surface area contributed by atoms with E-state index in [1.807, 2.05) is 6.07 Å². The van der Waals surface area contributed by atoms with Crippen LogP contribution in [-0.2, 0) is 4.74 Å². The van der Waals surface area contributed by atoms with E-state index in [1.54, 1.807) is 12.3 Å². The highest BCUT2D eigenvalue weighted by Crippen LogP contribution is 2.36. The van der Waals surface area contributed by atoms with Gasteiger partial charge in [-0.3, -0.25) is 14.9 Å². The molecule has 1 aromatic heterocycles. The molecular weight excluding hydrogens is 368 g/mol. The Hall–Kier alpha value is -3.40. The van der Waals surface area contributed by atoms with E-state index in [0.717, 1.165) is 18.8 Å². The predicted molar refractivity (Wildman–Crippen MR) is 99.3 cm³/mol. The van der Waals surface area contributed by atoms with E-state index in [4.69, 9.17) is 14.2 Å². The van der Waals surface area contributed by atoms with Crippen molar-refractivity contribution < 1.29 is 23.9 Å². The van der Waals surface area contributed by atoms with Crippen LogP contribution in [0.2, 0.25) is 0 Å². The largest absolute Gasteiger partial charge is 0.486 e.